The molecular formula is C25H25FN4O4. The number of benzene rings is 1. The molecule has 0 radical (unpaired) electrons. The van der Waals surface area contributed by atoms with Gasteiger partial charge in [0.1, 0.15) is 28.7 Å². The Balaban J connectivity index is 1.68. The van der Waals surface area contributed by atoms with Crippen LogP contribution in [0, 0.1) is 24.6 Å². The number of carbonyl (C=O) groups excluding carboxylic acids is 1. The van der Waals surface area contributed by atoms with E-state index in [2.05, 4.69) is 22.0 Å². The molecule has 0 spiro atoms. The first kappa shape index (κ1) is 22.3. The maximum Gasteiger partial charge on any atom is 0.269 e. The Morgan fingerprint density at radius 2 is 1.97 bits per heavy atom. The molecule has 0 unspecified atom stereocenters. The molecule has 3 aromatic rings. The number of carbonyl (C=O) groups is 1. The van der Waals surface area contributed by atoms with E-state index in [4.69, 9.17) is 10.3 Å². The number of nitrogens with zero attached hydrogens (tertiary/aromatic N) is 3. The molecule has 1 fully saturated rings. The van der Waals surface area contributed by atoms with Crippen molar-refractivity contribution in [2.75, 3.05) is 0 Å². The maximum atomic E-state index is 15.1. The fourth-order valence-electron chi connectivity index (χ4n) is 4.85. The van der Waals surface area contributed by atoms with Crippen LogP contribution in [-0.2, 0) is 11.2 Å². The molecule has 1 aliphatic carbocycles. The van der Waals surface area contributed by atoms with Gasteiger partial charge in [0.2, 0.25) is 0 Å². The van der Waals surface area contributed by atoms with Crippen LogP contribution in [0.4, 0.5) is 4.39 Å². The lowest BCUT2D eigenvalue weighted by Crippen LogP contribution is -2.31. The monoisotopic (exact) mass is 464 g/mol. The first-order valence-electron chi connectivity index (χ1n) is 11.0. The number of amides is 1. The zero-order valence-corrected chi connectivity index (χ0v) is 19.3. The molecule has 34 heavy (non-hydrogen) atoms. The van der Waals surface area contributed by atoms with Gasteiger partial charge < -0.3 is 25.0 Å². The second-order valence-electron chi connectivity index (χ2n) is 9.81. The van der Waals surface area contributed by atoms with E-state index in [1.807, 2.05) is 4.57 Å². The van der Waals surface area contributed by atoms with Crippen molar-refractivity contribution in [3.63, 3.8) is 0 Å². The van der Waals surface area contributed by atoms with Crippen LogP contribution in [0.15, 0.2) is 22.7 Å². The minimum Gasteiger partial charge on any atom is -0.384 e. The minimum absolute atomic E-state index is 0.0000875. The van der Waals surface area contributed by atoms with E-state index in [0.717, 1.165) is 18.4 Å². The summed E-state index contributed by atoms with van der Waals surface area (Å²) in [5, 5.41) is 25.3. The van der Waals surface area contributed by atoms with Crippen LogP contribution in [0.3, 0.4) is 0 Å². The lowest BCUT2D eigenvalue weighted by atomic mass is 9.75. The van der Waals surface area contributed by atoms with Gasteiger partial charge in [0.15, 0.2) is 11.3 Å². The molecule has 4 heterocycles. The number of aliphatic hydroxyl groups is 2. The van der Waals surface area contributed by atoms with Gasteiger partial charge in [-0.05, 0) is 64.2 Å². The van der Waals surface area contributed by atoms with Gasteiger partial charge in [-0.25, -0.2) is 9.37 Å². The zero-order valence-electron chi connectivity index (χ0n) is 19.3. The van der Waals surface area contributed by atoms with Crippen LogP contribution < -0.4 is 5.73 Å². The van der Waals surface area contributed by atoms with Crippen molar-refractivity contribution in [2.45, 2.75) is 63.7 Å². The average molecular weight is 464 g/mol. The van der Waals surface area contributed by atoms with Crippen molar-refractivity contribution < 1.29 is 23.9 Å². The summed E-state index contributed by atoms with van der Waals surface area (Å²) in [6.07, 6.45) is 1.48. The number of imidazole rings is 1. The third-order valence-electron chi connectivity index (χ3n) is 6.59. The molecule has 4 N–H and O–H groups in total. The Bertz CT molecular complexity index is 1390. The van der Waals surface area contributed by atoms with Gasteiger partial charge in [-0.2, -0.15) is 0 Å². The van der Waals surface area contributed by atoms with E-state index in [0.29, 0.717) is 22.8 Å². The van der Waals surface area contributed by atoms with E-state index < -0.39 is 22.9 Å². The Morgan fingerprint density at radius 1 is 1.26 bits per heavy atom. The van der Waals surface area contributed by atoms with Gasteiger partial charge >= 0.3 is 0 Å². The third kappa shape index (κ3) is 3.42. The molecule has 0 saturated heterocycles. The molecule has 3 aliphatic rings. The van der Waals surface area contributed by atoms with Crippen molar-refractivity contribution in [1.82, 2.24) is 14.7 Å². The number of rotatable bonds is 3. The summed E-state index contributed by atoms with van der Waals surface area (Å²) in [6, 6.07) is 4.62. The predicted molar refractivity (Wildman–Crippen MR) is 120 cm³/mol. The van der Waals surface area contributed by atoms with Gasteiger partial charge in [0.05, 0.1) is 11.3 Å². The lowest BCUT2D eigenvalue weighted by Gasteiger charge is -2.37. The Morgan fingerprint density at radius 3 is 2.56 bits per heavy atom. The standard InChI is InChI=1S/C25H25FN4O4/c1-12-7-19(29-34-12)25(4,33)6-5-13-10-17-16(11-18(13)26)14-8-15(9-14)30-21(24(2,3)32)20(22(27)31)28-23(17)30/h7,10-11,14-15,32-33H,8-9H2,1-4H3,(H2,27,31)/t14?,15?,25-/m1/s1. The van der Waals surface area contributed by atoms with Gasteiger partial charge in [-0.1, -0.05) is 17.0 Å². The highest BCUT2D eigenvalue weighted by Crippen LogP contribution is 2.54. The average Bonchev–Trinajstić information content (AvgIpc) is 3.26. The Kier molecular flexibility index (Phi) is 4.76. The summed E-state index contributed by atoms with van der Waals surface area (Å²) in [5.41, 5.74) is 4.65. The summed E-state index contributed by atoms with van der Waals surface area (Å²) in [7, 11) is 0. The van der Waals surface area contributed by atoms with E-state index >= 15 is 4.39 Å². The SMILES string of the molecule is Cc1cc([C@](C)(O)C#Cc2cc3c(cc2F)C2CC(C2)n2c-3nc(C(N)=O)c2C(C)(C)O)no1. The molecule has 6 rings (SSSR count). The van der Waals surface area contributed by atoms with Crippen molar-refractivity contribution in [2.24, 2.45) is 5.73 Å². The maximum absolute atomic E-state index is 15.1. The summed E-state index contributed by atoms with van der Waals surface area (Å²) in [5.74, 6) is 5.25. The first-order chi connectivity index (χ1) is 15.9. The van der Waals surface area contributed by atoms with Gasteiger partial charge in [-0.15, -0.1) is 0 Å². The summed E-state index contributed by atoms with van der Waals surface area (Å²) in [6.45, 7) is 6.32. The molecule has 2 aromatic heterocycles. The lowest BCUT2D eigenvalue weighted by molar-refractivity contribution is 0.0625. The van der Waals surface area contributed by atoms with Gasteiger partial charge in [0.25, 0.3) is 5.91 Å². The molecule has 2 aliphatic heterocycles. The van der Waals surface area contributed by atoms with Crippen molar-refractivity contribution in [1.29, 1.82) is 0 Å². The molecule has 8 nitrogen and oxygen atoms in total. The van der Waals surface area contributed by atoms with Crippen LogP contribution in [0.1, 0.15) is 84.3 Å². The quantitative estimate of drug-likeness (QED) is 0.512. The fourth-order valence-corrected chi connectivity index (χ4v) is 4.85. The molecule has 1 aromatic carbocycles. The predicted octanol–water partition coefficient (Wildman–Crippen LogP) is 3.00. The highest BCUT2D eigenvalue weighted by molar-refractivity contribution is 5.93. The van der Waals surface area contributed by atoms with Crippen LogP contribution in [-0.4, -0.2) is 30.8 Å². The number of aryl methyl sites for hydroxylation is 1. The summed E-state index contributed by atoms with van der Waals surface area (Å²) >= 11 is 0. The number of nitrogens with two attached hydrogens (primary N) is 1. The zero-order chi connectivity index (χ0) is 24.6. The molecule has 1 amide bonds. The second-order valence-corrected chi connectivity index (χ2v) is 9.81. The third-order valence-corrected chi connectivity index (χ3v) is 6.59. The topological polar surface area (TPSA) is 127 Å². The Hall–Kier alpha value is -3.48. The largest absolute Gasteiger partial charge is 0.384 e. The molecule has 1 atom stereocenters. The van der Waals surface area contributed by atoms with Crippen LogP contribution in [0.5, 0.6) is 0 Å². The highest BCUT2D eigenvalue weighted by Gasteiger charge is 2.44. The number of halogens is 1. The number of primary amides is 1. The highest BCUT2D eigenvalue weighted by atomic mass is 19.1. The number of hydrogen-bond donors (Lipinski definition) is 3. The Labute approximate surface area is 195 Å². The van der Waals surface area contributed by atoms with E-state index in [9.17, 15) is 15.0 Å². The van der Waals surface area contributed by atoms with Crippen molar-refractivity contribution in [3.8, 4) is 23.2 Å². The van der Waals surface area contributed by atoms with Gasteiger partial charge in [0, 0.05) is 17.7 Å². The summed E-state index contributed by atoms with van der Waals surface area (Å²) in [4.78, 5) is 16.7. The van der Waals surface area contributed by atoms with Crippen LogP contribution >= 0.6 is 0 Å². The van der Waals surface area contributed by atoms with E-state index in [1.165, 1.54) is 13.0 Å². The van der Waals surface area contributed by atoms with E-state index in [1.54, 1.807) is 32.9 Å². The normalized spacial score (nSPS) is 20.2. The molecule has 1 saturated carbocycles. The molecular weight excluding hydrogens is 439 g/mol. The van der Waals surface area contributed by atoms with Crippen LogP contribution in [0.25, 0.3) is 11.4 Å². The smallest absolute Gasteiger partial charge is 0.269 e. The minimum atomic E-state index is -1.65. The first-order valence-corrected chi connectivity index (χ1v) is 11.0. The number of aromatic nitrogens is 3. The number of hydrogen-bond acceptors (Lipinski definition) is 6. The summed E-state index contributed by atoms with van der Waals surface area (Å²) < 4.78 is 22.0. The fraction of sp³-hybridized carbons (Fsp3) is 0.400. The molecule has 9 heteroatoms. The van der Waals surface area contributed by atoms with Crippen molar-refractivity contribution >= 4 is 5.91 Å². The van der Waals surface area contributed by atoms with Gasteiger partial charge in [-0.3, -0.25) is 4.79 Å². The van der Waals surface area contributed by atoms with E-state index in [-0.39, 0.29) is 28.9 Å². The van der Waals surface area contributed by atoms with Crippen molar-refractivity contribution in [3.05, 3.63) is 58.0 Å². The van der Waals surface area contributed by atoms with Crippen LogP contribution in [0.2, 0.25) is 0 Å². The molecule has 2 bridgehead atoms. The second kappa shape index (κ2) is 7.26. The molecule has 176 valence electrons.